The second-order valence-electron chi connectivity index (χ2n) is 10.8. The van der Waals surface area contributed by atoms with Crippen LogP contribution in [0.3, 0.4) is 0 Å². The number of nitrogens with zero attached hydrogens (tertiary/aromatic N) is 2. The van der Waals surface area contributed by atoms with Crippen LogP contribution in [0.15, 0.2) is 29.6 Å². The van der Waals surface area contributed by atoms with E-state index in [1.165, 1.54) is 16.2 Å². The molecule has 0 radical (unpaired) electrons. The molecular formula is C24H32BFN2O4S. The molecule has 4 rings (SSSR count). The van der Waals surface area contributed by atoms with Crippen LogP contribution in [0.2, 0.25) is 0 Å². The van der Waals surface area contributed by atoms with Crippen LogP contribution in [0.4, 0.5) is 9.18 Å². The van der Waals surface area contributed by atoms with E-state index < -0.39 is 42.2 Å². The first-order valence-electron chi connectivity index (χ1n) is 11.3. The first-order chi connectivity index (χ1) is 15.3. The van der Waals surface area contributed by atoms with Crippen molar-refractivity contribution in [1.29, 1.82) is 0 Å². The fourth-order valence-electron chi connectivity index (χ4n) is 3.90. The molecule has 2 aromatic rings. The summed E-state index contributed by atoms with van der Waals surface area (Å²) in [5.41, 5.74) is 1.26. The van der Waals surface area contributed by atoms with Gasteiger partial charge in [0.15, 0.2) is 0 Å². The highest BCUT2D eigenvalue weighted by atomic mass is 32.1. The number of likely N-dealkylation sites (tertiary alicyclic amines) is 1. The van der Waals surface area contributed by atoms with Crippen LogP contribution in [0.1, 0.15) is 65.9 Å². The third kappa shape index (κ3) is 4.95. The summed E-state index contributed by atoms with van der Waals surface area (Å²) >= 11 is 1.44. The average Bonchev–Trinajstić information content (AvgIpc) is 3.37. The molecule has 33 heavy (non-hydrogen) atoms. The van der Waals surface area contributed by atoms with Gasteiger partial charge in [0, 0.05) is 17.4 Å². The average molecular weight is 474 g/mol. The monoisotopic (exact) mass is 474 g/mol. The highest BCUT2D eigenvalue weighted by Crippen LogP contribution is 2.38. The lowest BCUT2D eigenvalue weighted by Gasteiger charge is -2.32. The summed E-state index contributed by atoms with van der Waals surface area (Å²) in [5, 5.41) is 2.66. The van der Waals surface area contributed by atoms with Crippen LogP contribution >= 0.6 is 11.3 Å². The van der Waals surface area contributed by atoms with Gasteiger partial charge >= 0.3 is 13.2 Å². The normalized spacial score (nSPS) is 24.4. The first-order valence-corrected chi connectivity index (χ1v) is 12.2. The highest BCUT2D eigenvalue weighted by molar-refractivity contribution is 7.10. The Morgan fingerprint density at radius 2 is 1.79 bits per heavy atom. The number of thiazole rings is 1. The maximum absolute atomic E-state index is 14.2. The molecule has 0 unspecified atom stereocenters. The van der Waals surface area contributed by atoms with Gasteiger partial charge in [-0.2, -0.15) is 0 Å². The predicted octanol–water partition coefficient (Wildman–Crippen LogP) is 5.13. The standard InChI is InChI=1S/C24H32BFN2O4S/c1-22(2,3)30-21(29)28-13-17(26)12-19(28)20-27-18(14-33-20)15-8-10-16(11-9-15)25-31-23(4,5)24(6,7)32-25/h8-11,14,17,19H,12-13H2,1-7H3/t17-,19-/m0/s1. The van der Waals surface area contributed by atoms with Crippen LogP contribution in [0, 0.1) is 0 Å². The zero-order valence-electron chi connectivity index (χ0n) is 20.3. The Hall–Kier alpha value is -1.97. The first kappa shape index (κ1) is 24.2. The van der Waals surface area contributed by atoms with Crippen molar-refractivity contribution in [2.45, 2.75) is 83.9 Å². The van der Waals surface area contributed by atoms with Gasteiger partial charge in [-0.05, 0) is 53.9 Å². The van der Waals surface area contributed by atoms with Crippen molar-refractivity contribution in [3.05, 3.63) is 34.7 Å². The van der Waals surface area contributed by atoms with E-state index in [2.05, 4.69) is 0 Å². The van der Waals surface area contributed by atoms with Gasteiger partial charge in [-0.3, -0.25) is 4.90 Å². The molecule has 1 aromatic heterocycles. The van der Waals surface area contributed by atoms with E-state index in [1.54, 1.807) is 20.8 Å². The zero-order chi connectivity index (χ0) is 24.2. The third-order valence-electron chi connectivity index (χ3n) is 6.42. The van der Waals surface area contributed by atoms with E-state index >= 15 is 0 Å². The maximum Gasteiger partial charge on any atom is 0.494 e. The van der Waals surface area contributed by atoms with Crippen LogP contribution in [-0.2, 0) is 14.0 Å². The molecule has 1 aromatic carbocycles. The second kappa shape index (κ2) is 8.36. The molecule has 9 heteroatoms. The fraction of sp³-hybridized carbons (Fsp3) is 0.583. The van der Waals surface area contributed by atoms with Crippen molar-refractivity contribution in [3.63, 3.8) is 0 Å². The number of hydrogen-bond acceptors (Lipinski definition) is 6. The largest absolute Gasteiger partial charge is 0.494 e. The number of alkyl halides is 1. The Bertz CT molecular complexity index is 1000. The van der Waals surface area contributed by atoms with Crippen molar-refractivity contribution in [3.8, 4) is 11.3 Å². The lowest BCUT2D eigenvalue weighted by atomic mass is 9.79. The number of carbonyl (C=O) groups excluding carboxylic acids is 1. The van der Waals surface area contributed by atoms with Gasteiger partial charge in [-0.15, -0.1) is 11.3 Å². The smallest absolute Gasteiger partial charge is 0.444 e. The lowest BCUT2D eigenvalue weighted by Crippen LogP contribution is -2.41. The van der Waals surface area contributed by atoms with Crippen molar-refractivity contribution in [1.82, 2.24) is 9.88 Å². The minimum atomic E-state index is -1.09. The van der Waals surface area contributed by atoms with Crippen LogP contribution in [0.25, 0.3) is 11.3 Å². The number of hydrogen-bond donors (Lipinski definition) is 0. The molecule has 0 bridgehead atoms. The summed E-state index contributed by atoms with van der Waals surface area (Å²) in [6.45, 7) is 13.6. The Morgan fingerprint density at radius 1 is 1.18 bits per heavy atom. The summed E-state index contributed by atoms with van der Waals surface area (Å²) in [6.07, 6.45) is -1.36. The molecule has 2 fully saturated rings. The Morgan fingerprint density at radius 3 is 2.36 bits per heavy atom. The molecule has 0 spiro atoms. The molecule has 3 heterocycles. The molecule has 1 amide bonds. The Balaban J connectivity index is 1.50. The van der Waals surface area contributed by atoms with Crippen molar-refractivity contribution >= 4 is 30.0 Å². The van der Waals surface area contributed by atoms with Gasteiger partial charge in [-0.25, -0.2) is 14.2 Å². The maximum atomic E-state index is 14.2. The highest BCUT2D eigenvalue weighted by Gasteiger charge is 2.51. The number of amides is 1. The molecule has 0 N–H and O–H groups in total. The van der Waals surface area contributed by atoms with E-state index in [9.17, 15) is 9.18 Å². The molecule has 6 nitrogen and oxygen atoms in total. The molecule has 2 aliphatic heterocycles. The second-order valence-corrected chi connectivity index (χ2v) is 11.7. The van der Waals surface area contributed by atoms with Gasteiger partial charge in [0.05, 0.1) is 29.5 Å². The van der Waals surface area contributed by atoms with Crippen molar-refractivity contribution < 1.29 is 23.2 Å². The van der Waals surface area contributed by atoms with E-state index in [0.29, 0.717) is 5.01 Å². The van der Waals surface area contributed by atoms with Crippen LogP contribution in [0.5, 0.6) is 0 Å². The SMILES string of the molecule is CC(C)(C)OC(=O)N1C[C@@H](F)C[C@H]1c1nc(-c2ccc(B3OC(C)(C)C(C)(C)O3)cc2)cs1. The molecule has 0 saturated carbocycles. The lowest BCUT2D eigenvalue weighted by molar-refractivity contribution is 0.00578. The molecule has 0 aliphatic carbocycles. The summed E-state index contributed by atoms with van der Waals surface area (Å²) < 4.78 is 32.0. The Labute approximate surface area is 199 Å². The van der Waals surface area contributed by atoms with E-state index in [-0.39, 0.29) is 13.0 Å². The Kier molecular flexibility index (Phi) is 6.12. The molecular weight excluding hydrogens is 442 g/mol. The summed E-state index contributed by atoms with van der Waals surface area (Å²) in [6, 6.07) is 7.51. The summed E-state index contributed by atoms with van der Waals surface area (Å²) in [4.78, 5) is 18.8. The summed E-state index contributed by atoms with van der Waals surface area (Å²) in [7, 11) is -0.419. The number of benzene rings is 1. The van der Waals surface area contributed by atoms with E-state index in [1.807, 2.05) is 57.3 Å². The minimum absolute atomic E-state index is 0.0251. The molecule has 2 atom stereocenters. The summed E-state index contributed by atoms with van der Waals surface area (Å²) in [5.74, 6) is 0. The topological polar surface area (TPSA) is 60.9 Å². The minimum Gasteiger partial charge on any atom is -0.444 e. The van der Waals surface area contributed by atoms with Gasteiger partial charge in [0.25, 0.3) is 0 Å². The van der Waals surface area contributed by atoms with E-state index in [4.69, 9.17) is 19.0 Å². The number of rotatable bonds is 3. The van der Waals surface area contributed by atoms with Gasteiger partial charge < -0.3 is 14.0 Å². The van der Waals surface area contributed by atoms with Gasteiger partial charge in [0.2, 0.25) is 0 Å². The molecule has 178 valence electrons. The number of aromatic nitrogens is 1. The van der Waals surface area contributed by atoms with Crippen LogP contribution < -0.4 is 5.46 Å². The van der Waals surface area contributed by atoms with Crippen molar-refractivity contribution in [2.24, 2.45) is 0 Å². The predicted molar refractivity (Wildman–Crippen MR) is 128 cm³/mol. The molecule has 2 aliphatic rings. The fourth-order valence-corrected chi connectivity index (χ4v) is 4.86. The third-order valence-corrected chi connectivity index (χ3v) is 7.36. The van der Waals surface area contributed by atoms with E-state index in [0.717, 1.165) is 16.7 Å². The zero-order valence-corrected chi connectivity index (χ0v) is 21.2. The number of ether oxygens (including phenoxy) is 1. The number of halogens is 1. The number of carbonyl (C=O) groups is 1. The molecule has 2 saturated heterocycles. The van der Waals surface area contributed by atoms with Gasteiger partial charge in [0.1, 0.15) is 16.8 Å². The van der Waals surface area contributed by atoms with Crippen LogP contribution in [-0.4, -0.2) is 52.6 Å². The van der Waals surface area contributed by atoms with Crippen molar-refractivity contribution in [2.75, 3.05) is 6.54 Å². The van der Waals surface area contributed by atoms with Gasteiger partial charge in [-0.1, -0.05) is 24.3 Å². The quantitative estimate of drug-likeness (QED) is 0.578.